The molecule has 3 aromatic carbocycles. The summed E-state index contributed by atoms with van der Waals surface area (Å²) in [6, 6.07) is 15.4. The zero-order valence-electron chi connectivity index (χ0n) is 19.2. The van der Waals surface area contributed by atoms with Crippen LogP contribution in [0.15, 0.2) is 58.1 Å². The van der Waals surface area contributed by atoms with Crippen LogP contribution >= 0.6 is 0 Å². The van der Waals surface area contributed by atoms with Crippen molar-refractivity contribution in [1.82, 2.24) is 0 Å². The van der Waals surface area contributed by atoms with Crippen molar-refractivity contribution in [2.24, 2.45) is 0 Å². The Hall–Kier alpha value is -3.41. The lowest BCUT2D eigenvalue weighted by atomic mass is 9.95. The predicted octanol–water partition coefficient (Wildman–Crippen LogP) is 5.02. The van der Waals surface area contributed by atoms with E-state index in [9.17, 15) is 14.4 Å². The minimum atomic E-state index is -0.465. The van der Waals surface area contributed by atoms with Gasteiger partial charge >= 0.3 is 0 Å². The van der Waals surface area contributed by atoms with Crippen molar-refractivity contribution < 1.29 is 4.79 Å². The third kappa shape index (κ3) is 5.33. The van der Waals surface area contributed by atoms with Gasteiger partial charge in [0.05, 0.1) is 0 Å². The Labute approximate surface area is 194 Å². The molecule has 1 saturated carbocycles. The van der Waals surface area contributed by atoms with Crippen molar-refractivity contribution in [2.75, 3.05) is 16.0 Å². The molecule has 4 rings (SSSR count). The standard InChI is InChI=1S/C27H31N3O3/c1-17(2)19-12-14-22(15-13-19)30-27(33)20-10-8-18(9-11-20)16-28-23-24(26(32)25(23)31)29-21-6-4-3-5-7-21/h8-15,17,21,28-29H,3-7,16H2,1-2H3,(H,30,33). The zero-order chi connectivity index (χ0) is 23.4. The van der Waals surface area contributed by atoms with Gasteiger partial charge in [-0.05, 0) is 54.2 Å². The van der Waals surface area contributed by atoms with Crippen LogP contribution in [0.5, 0.6) is 0 Å². The lowest BCUT2D eigenvalue weighted by Crippen LogP contribution is -2.40. The molecule has 0 heterocycles. The summed E-state index contributed by atoms with van der Waals surface area (Å²) < 4.78 is 0. The molecule has 0 unspecified atom stereocenters. The third-order valence-corrected chi connectivity index (χ3v) is 6.38. The molecule has 0 spiro atoms. The van der Waals surface area contributed by atoms with E-state index in [0.29, 0.717) is 29.4 Å². The van der Waals surface area contributed by atoms with E-state index < -0.39 is 10.9 Å². The van der Waals surface area contributed by atoms with Crippen molar-refractivity contribution in [3.63, 3.8) is 0 Å². The summed E-state index contributed by atoms with van der Waals surface area (Å²) in [6.07, 6.45) is 5.60. The summed E-state index contributed by atoms with van der Waals surface area (Å²) in [5.74, 6) is 0.271. The smallest absolute Gasteiger partial charge is 0.255 e. The highest BCUT2D eigenvalue weighted by atomic mass is 16.2. The molecule has 3 N–H and O–H groups in total. The number of anilines is 3. The Morgan fingerprint density at radius 1 is 0.879 bits per heavy atom. The van der Waals surface area contributed by atoms with Gasteiger partial charge in [-0.25, -0.2) is 0 Å². The molecule has 0 radical (unpaired) electrons. The van der Waals surface area contributed by atoms with Gasteiger partial charge in [0.15, 0.2) is 0 Å². The topological polar surface area (TPSA) is 87.3 Å². The Kier molecular flexibility index (Phi) is 6.92. The van der Waals surface area contributed by atoms with Gasteiger partial charge in [0.2, 0.25) is 0 Å². The fourth-order valence-corrected chi connectivity index (χ4v) is 4.27. The molecule has 1 aliphatic rings. The Morgan fingerprint density at radius 3 is 2.15 bits per heavy atom. The second kappa shape index (κ2) is 10.0. The Bertz CT molecular complexity index is 1170. The van der Waals surface area contributed by atoms with Crippen LogP contribution in [0, 0.1) is 0 Å². The Morgan fingerprint density at radius 2 is 1.52 bits per heavy atom. The van der Waals surface area contributed by atoms with E-state index in [-0.39, 0.29) is 11.9 Å². The summed E-state index contributed by atoms with van der Waals surface area (Å²) in [7, 11) is 0. The Balaban J connectivity index is 1.33. The number of benzene rings is 2. The van der Waals surface area contributed by atoms with Crippen LogP contribution in [0.4, 0.5) is 17.1 Å². The first-order valence-electron chi connectivity index (χ1n) is 11.8. The zero-order valence-corrected chi connectivity index (χ0v) is 19.2. The molecule has 1 aliphatic carbocycles. The highest BCUT2D eigenvalue weighted by Crippen LogP contribution is 2.24. The first kappa shape index (κ1) is 22.8. The average Bonchev–Trinajstić information content (AvgIpc) is 2.84. The summed E-state index contributed by atoms with van der Waals surface area (Å²) >= 11 is 0. The molecule has 6 nitrogen and oxygen atoms in total. The number of carbonyl (C=O) groups is 1. The average molecular weight is 446 g/mol. The first-order valence-corrected chi connectivity index (χ1v) is 11.8. The summed E-state index contributed by atoms with van der Waals surface area (Å²) in [6.45, 7) is 4.67. The second-order valence-electron chi connectivity index (χ2n) is 9.17. The third-order valence-electron chi connectivity index (χ3n) is 6.38. The van der Waals surface area contributed by atoms with Crippen LogP contribution in [-0.2, 0) is 6.54 Å². The van der Waals surface area contributed by atoms with Gasteiger partial charge in [-0.2, -0.15) is 0 Å². The minimum Gasteiger partial charge on any atom is -0.377 e. The van der Waals surface area contributed by atoms with E-state index in [1.165, 1.54) is 12.0 Å². The van der Waals surface area contributed by atoms with Gasteiger partial charge in [0.1, 0.15) is 11.4 Å². The van der Waals surface area contributed by atoms with Crippen LogP contribution in [0.3, 0.4) is 0 Å². The van der Waals surface area contributed by atoms with Crippen molar-refractivity contribution in [3.8, 4) is 0 Å². The van der Waals surface area contributed by atoms with Gasteiger partial charge in [-0.15, -0.1) is 0 Å². The van der Waals surface area contributed by atoms with Crippen molar-refractivity contribution >= 4 is 23.0 Å². The van der Waals surface area contributed by atoms with E-state index in [4.69, 9.17) is 0 Å². The highest BCUT2D eigenvalue weighted by Gasteiger charge is 2.24. The fourth-order valence-electron chi connectivity index (χ4n) is 4.27. The molecule has 3 aromatic rings. The number of carbonyl (C=O) groups excluding carboxylic acids is 1. The first-order chi connectivity index (χ1) is 15.9. The fraction of sp³-hybridized carbons (Fsp3) is 0.370. The molecule has 0 bridgehead atoms. The molecule has 1 amide bonds. The highest BCUT2D eigenvalue weighted by molar-refractivity contribution is 6.04. The summed E-state index contributed by atoms with van der Waals surface area (Å²) in [5, 5.41) is 9.29. The monoisotopic (exact) mass is 445 g/mol. The van der Waals surface area contributed by atoms with E-state index in [1.54, 1.807) is 12.1 Å². The van der Waals surface area contributed by atoms with Crippen molar-refractivity contribution in [2.45, 2.75) is 64.5 Å². The van der Waals surface area contributed by atoms with Crippen LogP contribution in [0.1, 0.15) is 73.4 Å². The molecular formula is C27H31N3O3. The SMILES string of the molecule is CC(C)c1ccc(NC(=O)c2ccc(CNc3c(NC4CCCCC4)c(=O)c3=O)cc2)cc1. The lowest BCUT2D eigenvalue weighted by molar-refractivity contribution is 0.102. The normalized spacial score (nSPS) is 14.4. The molecule has 0 aromatic heterocycles. The largest absolute Gasteiger partial charge is 0.377 e. The van der Waals surface area contributed by atoms with Gasteiger partial charge in [0.25, 0.3) is 16.8 Å². The van der Waals surface area contributed by atoms with E-state index >= 15 is 0 Å². The number of nitrogens with one attached hydrogen (secondary N) is 3. The maximum atomic E-state index is 12.6. The molecule has 0 aliphatic heterocycles. The van der Waals surface area contributed by atoms with Crippen LogP contribution in [-0.4, -0.2) is 11.9 Å². The van der Waals surface area contributed by atoms with E-state index in [0.717, 1.165) is 36.9 Å². The molecular weight excluding hydrogens is 414 g/mol. The van der Waals surface area contributed by atoms with Crippen LogP contribution < -0.4 is 26.8 Å². The van der Waals surface area contributed by atoms with E-state index in [2.05, 4.69) is 29.8 Å². The van der Waals surface area contributed by atoms with Gasteiger partial charge in [-0.1, -0.05) is 57.4 Å². The van der Waals surface area contributed by atoms with Crippen molar-refractivity contribution in [3.05, 3.63) is 85.7 Å². The summed E-state index contributed by atoms with van der Waals surface area (Å²) in [5.41, 5.74) is 3.36. The van der Waals surface area contributed by atoms with Crippen LogP contribution in [0.2, 0.25) is 0 Å². The number of rotatable bonds is 8. The number of hydrogen-bond donors (Lipinski definition) is 3. The lowest BCUT2D eigenvalue weighted by Gasteiger charge is -2.25. The van der Waals surface area contributed by atoms with Gasteiger partial charge in [0, 0.05) is 23.8 Å². The van der Waals surface area contributed by atoms with Gasteiger partial charge < -0.3 is 16.0 Å². The molecule has 172 valence electrons. The molecule has 0 saturated heterocycles. The molecule has 0 atom stereocenters. The maximum Gasteiger partial charge on any atom is 0.255 e. The quantitative estimate of drug-likeness (QED) is 0.424. The summed E-state index contributed by atoms with van der Waals surface area (Å²) in [4.78, 5) is 36.6. The van der Waals surface area contributed by atoms with Crippen LogP contribution in [0.25, 0.3) is 0 Å². The minimum absolute atomic E-state index is 0.173. The molecule has 33 heavy (non-hydrogen) atoms. The van der Waals surface area contributed by atoms with Crippen molar-refractivity contribution in [1.29, 1.82) is 0 Å². The maximum absolute atomic E-state index is 12.6. The number of amides is 1. The molecule has 1 fully saturated rings. The van der Waals surface area contributed by atoms with E-state index in [1.807, 2.05) is 36.4 Å². The second-order valence-corrected chi connectivity index (χ2v) is 9.17. The van der Waals surface area contributed by atoms with Gasteiger partial charge in [-0.3, -0.25) is 14.4 Å². The predicted molar refractivity (Wildman–Crippen MR) is 134 cm³/mol. The molecule has 6 heteroatoms. The number of hydrogen-bond acceptors (Lipinski definition) is 5.